The fourth-order valence-electron chi connectivity index (χ4n) is 3.97. The molecule has 2 N–H and O–H groups in total. The van der Waals surface area contributed by atoms with Gasteiger partial charge in [-0.15, -0.1) is 0 Å². The second kappa shape index (κ2) is 9.26. The number of nitrogens with one attached hydrogen (secondary N) is 2. The van der Waals surface area contributed by atoms with Crippen LogP contribution >= 0.6 is 0 Å². The van der Waals surface area contributed by atoms with Gasteiger partial charge in [0.2, 0.25) is 5.76 Å². The topological polar surface area (TPSA) is 101 Å². The van der Waals surface area contributed by atoms with Gasteiger partial charge in [-0.1, -0.05) is 54.6 Å². The van der Waals surface area contributed by atoms with Crippen LogP contribution in [0, 0.1) is 5.41 Å². The number of H-pyrrole nitrogens is 1. The maximum absolute atomic E-state index is 12.6. The molecule has 7 nitrogen and oxygen atoms in total. The van der Waals surface area contributed by atoms with Crippen LogP contribution in [0.4, 0.5) is 0 Å². The molecule has 0 unspecified atom stereocenters. The Morgan fingerprint density at radius 3 is 2.38 bits per heavy atom. The Labute approximate surface area is 185 Å². The number of amides is 1. The van der Waals surface area contributed by atoms with E-state index in [1.54, 1.807) is 6.92 Å². The van der Waals surface area contributed by atoms with Gasteiger partial charge in [-0.05, 0) is 49.3 Å². The van der Waals surface area contributed by atoms with E-state index < -0.39 is 16.9 Å². The van der Waals surface area contributed by atoms with Crippen LogP contribution < -0.4 is 10.9 Å². The van der Waals surface area contributed by atoms with Crippen LogP contribution in [-0.2, 0) is 16.0 Å². The molecule has 0 aliphatic heterocycles. The van der Waals surface area contributed by atoms with E-state index in [0.29, 0.717) is 19.4 Å². The number of esters is 1. The zero-order chi connectivity index (χ0) is 22.6. The molecule has 1 fully saturated rings. The molecule has 1 aliphatic carbocycles. The number of ether oxygens (including phenoxy) is 1. The zero-order valence-electron chi connectivity index (χ0n) is 17.9. The second-order valence-corrected chi connectivity index (χ2v) is 8.22. The van der Waals surface area contributed by atoms with E-state index >= 15 is 0 Å². The monoisotopic (exact) mass is 434 g/mol. The second-order valence-electron chi connectivity index (χ2n) is 8.22. The van der Waals surface area contributed by atoms with Crippen molar-refractivity contribution in [2.45, 2.75) is 38.6 Å². The van der Waals surface area contributed by atoms with Crippen molar-refractivity contribution in [3.05, 3.63) is 82.3 Å². The summed E-state index contributed by atoms with van der Waals surface area (Å²) in [7, 11) is 0. The summed E-state index contributed by atoms with van der Waals surface area (Å²) >= 11 is 0. The highest BCUT2D eigenvalue weighted by molar-refractivity contribution is 5.91. The lowest BCUT2D eigenvalue weighted by atomic mass is 9.92. The van der Waals surface area contributed by atoms with E-state index in [0.717, 1.165) is 35.6 Å². The third-order valence-electron chi connectivity index (χ3n) is 5.83. The molecule has 1 saturated carbocycles. The number of rotatable bonds is 9. The van der Waals surface area contributed by atoms with Crippen molar-refractivity contribution in [1.82, 2.24) is 10.5 Å². The van der Waals surface area contributed by atoms with E-state index in [4.69, 9.17) is 9.26 Å². The van der Waals surface area contributed by atoms with Gasteiger partial charge in [0.15, 0.2) is 0 Å². The zero-order valence-corrected chi connectivity index (χ0v) is 17.9. The van der Waals surface area contributed by atoms with Gasteiger partial charge in [-0.3, -0.25) is 14.4 Å². The van der Waals surface area contributed by atoms with E-state index in [1.807, 2.05) is 42.5 Å². The number of carbonyl (C=O) groups excluding carboxylic acids is 2. The molecule has 0 bridgehead atoms. The third kappa shape index (κ3) is 4.99. The average molecular weight is 434 g/mol. The lowest BCUT2D eigenvalue weighted by molar-refractivity contribution is -0.150. The van der Waals surface area contributed by atoms with Crippen molar-refractivity contribution in [2.24, 2.45) is 5.41 Å². The van der Waals surface area contributed by atoms with Gasteiger partial charge in [-0.25, -0.2) is 0 Å². The summed E-state index contributed by atoms with van der Waals surface area (Å²) in [6.45, 7) is 2.11. The first-order chi connectivity index (χ1) is 15.5. The molecule has 2 aromatic carbocycles. The molecule has 1 heterocycles. The number of carbonyl (C=O) groups is 2. The van der Waals surface area contributed by atoms with Crippen LogP contribution in [0.5, 0.6) is 0 Å². The maximum Gasteiger partial charge on any atom is 0.312 e. The van der Waals surface area contributed by atoms with Gasteiger partial charge in [0, 0.05) is 6.04 Å². The van der Waals surface area contributed by atoms with Gasteiger partial charge in [0.05, 0.1) is 18.1 Å². The molecular weight excluding hydrogens is 408 g/mol. The minimum atomic E-state index is -0.559. The lowest BCUT2D eigenvalue weighted by Gasteiger charge is -2.23. The molecule has 4 rings (SSSR count). The van der Waals surface area contributed by atoms with Crippen LogP contribution in [0.25, 0.3) is 11.1 Å². The predicted molar refractivity (Wildman–Crippen MR) is 119 cm³/mol. The Morgan fingerprint density at radius 1 is 1.09 bits per heavy atom. The molecule has 0 saturated heterocycles. The number of hydrogen-bond acceptors (Lipinski definition) is 5. The Morgan fingerprint density at radius 2 is 1.78 bits per heavy atom. The first kappa shape index (κ1) is 21.6. The molecule has 1 atom stereocenters. The number of aromatic amines is 1. The van der Waals surface area contributed by atoms with Gasteiger partial charge in [0.25, 0.3) is 11.5 Å². The van der Waals surface area contributed by atoms with Crippen LogP contribution in [0.2, 0.25) is 0 Å². The van der Waals surface area contributed by atoms with Gasteiger partial charge < -0.3 is 14.6 Å². The van der Waals surface area contributed by atoms with Crippen molar-refractivity contribution in [2.75, 3.05) is 6.61 Å². The number of benzene rings is 2. The van der Waals surface area contributed by atoms with Crippen molar-refractivity contribution >= 4 is 11.9 Å². The molecule has 1 amide bonds. The van der Waals surface area contributed by atoms with Gasteiger partial charge in [0.1, 0.15) is 0 Å². The summed E-state index contributed by atoms with van der Waals surface area (Å²) in [6, 6.07) is 19.0. The largest absolute Gasteiger partial charge is 0.466 e. The fraction of sp³-hybridized carbons (Fsp3) is 0.320. The van der Waals surface area contributed by atoms with Crippen molar-refractivity contribution < 1.29 is 18.8 Å². The summed E-state index contributed by atoms with van der Waals surface area (Å²) in [6.07, 6.45) is 2.48. The highest BCUT2D eigenvalue weighted by Gasteiger charge is 2.52. The Balaban J connectivity index is 1.51. The number of hydrogen-bond donors (Lipinski definition) is 2. The Kier molecular flexibility index (Phi) is 6.25. The molecule has 166 valence electrons. The molecule has 0 radical (unpaired) electrons. The number of aromatic nitrogens is 1. The van der Waals surface area contributed by atoms with E-state index in [1.165, 1.54) is 0 Å². The minimum Gasteiger partial charge on any atom is -0.466 e. The van der Waals surface area contributed by atoms with Crippen molar-refractivity contribution in [3.63, 3.8) is 0 Å². The molecule has 7 heteroatoms. The molecule has 32 heavy (non-hydrogen) atoms. The maximum atomic E-state index is 12.6. The summed E-state index contributed by atoms with van der Waals surface area (Å²) < 4.78 is 10.2. The summed E-state index contributed by atoms with van der Waals surface area (Å²) in [5.41, 5.74) is 2.23. The van der Waals surface area contributed by atoms with E-state index in [9.17, 15) is 14.4 Å². The SMILES string of the molecule is CCOC(=O)C1(C[C@@H](Cc2ccc(-c3ccccc3)cc2)NC(=O)c2cc(=O)[nH]o2)CC1. The minimum absolute atomic E-state index is 0.0830. The van der Waals surface area contributed by atoms with Gasteiger partial charge >= 0.3 is 5.97 Å². The van der Waals surface area contributed by atoms with Crippen LogP contribution in [0.15, 0.2) is 70.0 Å². The van der Waals surface area contributed by atoms with Crippen LogP contribution in [0.3, 0.4) is 0 Å². The molecular formula is C25H26N2O5. The van der Waals surface area contributed by atoms with E-state index in [2.05, 4.69) is 22.6 Å². The molecule has 0 spiro atoms. The van der Waals surface area contributed by atoms with Crippen LogP contribution in [-0.4, -0.2) is 29.7 Å². The average Bonchev–Trinajstić information content (AvgIpc) is 3.45. The first-order valence-electron chi connectivity index (χ1n) is 10.8. The molecule has 3 aromatic rings. The highest BCUT2D eigenvalue weighted by atomic mass is 16.5. The van der Waals surface area contributed by atoms with Crippen molar-refractivity contribution in [3.8, 4) is 11.1 Å². The Bertz CT molecular complexity index is 1130. The predicted octanol–water partition coefficient (Wildman–Crippen LogP) is 3.71. The lowest BCUT2D eigenvalue weighted by Crippen LogP contribution is -2.40. The summed E-state index contributed by atoms with van der Waals surface area (Å²) in [4.78, 5) is 36.4. The normalized spacial score (nSPS) is 15.0. The smallest absolute Gasteiger partial charge is 0.312 e. The Hall–Kier alpha value is -3.61. The van der Waals surface area contributed by atoms with Crippen LogP contribution in [0.1, 0.15) is 42.3 Å². The first-order valence-corrected chi connectivity index (χ1v) is 10.8. The standard InChI is InChI=1S/C25H26N2O5/c1-2-31-24(30)25(12-13-25)16-20(26-23(29)21-15-22(28)27-32-21)14-17-8-10-19(11-9-17)18-6-4-3-5-7-18/h3-11,15,20H,2,12-14,16H2,1H3,(H,26,29)(H,27,28)/t20-/m1/s1. The van der Waals surface area contributed by atoms with Gasteiger partial charge in [-0.2, -0.15) is 5.16 Å². The highest BCUT2D eigenvalue weighted by Crippen LogP contribution is 2.51. The molecule has 1 aromatic heterocycles. The third-order valence-corrected chi connectivity index (χ3v) is 5.83. The van der Waals surface area contributed by atoms with Crippen molar-refractivity contribution in [1.29, 1.82) is 0 Å². The summed E-state index contributed by atoms with van der Waals surface area (Å²) in [5.74, 6) is -0.791. The fourth-order valence-corrected chi connectivity index (χ4v) is 3.97. The van der Waals surface area contributed by atoms with E-state index in [-0.39, 0.29) is 17.8 Å². The summed E-state index contributed by atoms with van der Waals surface area (Å²) in [5, 5.41) is 5.06. The molecule has 1 aliphatic rings. The quantitative estimate of drug-likeness (QED) is 0.500.